The van der Waals surface area contributed by atoms with Crippen LogP contribution in [-0.4, -0.2) is 6.71 Å². The van der Waals surface area contributed by atoms with E-state index in [0.29, 0.717) is 0 Å². The highest BCUT2D eigenvalue weighted by Crippen LogP contribution is 2.37. The third kappa shape index (κ3) is 4.83. The van der Waals surface area contributed by atoms with Crippen LogP contribution in [0.1, 0.15) is 22.3 Å². The van der Waals surface area contributed by atoms with Gasteiger partial charge in [-0.25, -0.2) is 0 Å². The van der Waals surface area contributed by atoms with E-state index in [4.69, 9.17) is 0 Å². The third-order valence-corrected chi connectivity index (χ3v) is 9.79. The van der Waals surface area contributed by atoms with Crippen LogP contribution >= 0.6 is 0 Å². The lowest BCUT2D eigenvalue weighted by Gasteiger charge is -2.35. The van der Waals surface area contributed by atoms with E-state index in [0.717, 1.165) is 35.6 Å². The fourth-order valence-corrected chi connectivity index (χ4v) is 7.77. The molecule has 2 nitrogen and oxygen atoms in total. The molecule has 47 heavy (non-hydrogen) atoms. The first kappa shape index (κ1) is 27.5. The minimum Gasteiger partial charge on any atom is -0.310 e. The molecule has 0 atom stereocenters. The van der Waals surface area contributed by atoms with Crippen molar-refractivity contribution < 1.29 is 0 Å². The van der Waals surface area contributed by atoms with Crippen molar-refractivity contribution in [1.29, 1.82) is 0 Å². The van der Waals surface area contributed by atoms with E-state index in [-0.39, 0.29) is 6.71 Å². The lowest BCUT2D eigenvalue weighted by atomic mass is 9.30. The Kier molecular flexibility index (Phi) is 6.75. The highest BCUT2D eigenvalue weighted by atomic mass is 15.1. The van der Waals surface area contributed by atoms with Crippen LogP contribution in [0.5, 0.6) is 0 Å². The predicted molar refractivity (Wildman–Crippen MR) is 199 cm³/mol. The van der Waals surface area contributed by atoms with Gasteiger partial charge in [-0.15, -0.1) is 0 Å². The summed E-state index contributed by atoms with van der Waals surface area (Å²) in [6, 6.07) is 64.1. The van der Waals surface area contributed by atoms with Gasteiger partial charge in [0.05, 0.1) is 0 Å². The number of hydrogen-bond donors (Lipinski definition) is 0. The van der Waals surface area contributed by atoms with Crippen LogP contribution in [0.25, 0.3) is 0 Å². The molecular formula is C44H33BN2. The first-order valence-corrected chi connectivity index (χ1v) is 16.5. The molecule has 0 saturated heterocycles. The monoisotopic (exact) mass is 600 g/mol. The summed E-state index contributed by atoms with van der Waals surface area (Å²) in [6.45, 7) is 0.223. The fourth-order valence-electron chi connectivity index (χ4n) is 7.77. The summed E-state index contributed by atoms with van der Waals surface area (Å²) < 4.78 is 0. The number of anilines is 6. The Morgan fingerprint density at radius 2 is 0.681 bits per heavy atom. The number of para-hydroxylation sites is 4. The maximum Gasteiger partial charge on any atom is 0.242 e. The zero-order valence-corrected chi connectivity index (χ0v) is 26.1. The maximum atomic E-state index is 2.43. The van der Waals surface area contributed by atoms with Crippen LogP contribution in [0, 0.1) is 0 Å². The van der Waals surface area contributed by atoms with Gasteiger partial charge in [-0.05, 0) is 108 Å². The molecule has 0 N–H and O–H groups in total. The first-order valence-electron chi connectivity index (χ1n) is 16.5. The van der Waals surface area contributed by atoms with Crippen molar-refractivity contribution in [1.82, 2.24) is 0 Å². The van der Waals surface area contributed by atoms with Gasteiger partial charge in [-0.1, -0.05) is 120 Å². The van der Waals surface area contributed by atoms with Crippen LogP contribution < -0.4 is 26.2 Å². The molecule has 0 amide bonds. The predicted octanol–water partition coefficient (Wildman–Crippen LogP) is 8.95. The van der Waals surface area contributed by atoms with Crippen molar-refractivity contribution in [2.24, 2.45) is 0 Å². The Balaban J connectivity index is 1.17. The Bertz CT molecular complexity index is 1960. The molecule has 0 bridgehead atoms. The Morgan fingerprint density at radius 3 is 1.04 bits per heavy atom. The van der Waals surface area contributed by atoms with Gasteiger partial charge in [0.15, 0.2) is 0 Å². The first-order chi connectivity index (χ1) is 23.3. The normalized spacial score (nSPS) is 12.5. The molecular weight excluding hydrogens is 567 g/mol. The smallest absolute Gasteiger partial charge is 0.242 e. The maximum absolute atomic E-state index is 2.43. The minimum atomic E-state index is 0.223. The summed E-state index contributed by atoms with van der Waals surface area (Å²) in [6.07, 6.45) is 1.90. The van der Waals surface area contributed by atoms with Crippen molar-refractivity contribution in [3.8, 4) is 0 Å². The quantitative estimate of drug-likeness (QED) is 0.176. The summed E-state index contributed by atoms with van der Waals surface area (Å²) in [5.74, 6) is 0. The summed E-state index contributed by atoms with van der Waals surface area (Å²) >= 11 is 0. The summed E-state index contributed by atoms with van der Waals surface area (Å²) in [5.41, 5.74) is 17.1. The molecule has 0 unspecified atom stereocenters. The number of rotatable bonds is 6. The van der Waals surface area contributed by atoms with E-state index < -0.39 is 0 Å². The molecule has 7 aromatic carbocycles. The standard InChI is InChI=1S/C44H33BN2/c1-5-16-36(17-6-1)46(37-18-7-2-8-19-37)40-24-26-42-34(30-40)28-32-14-13-15-33-29-35-31-41(25-27-43(35)45(42)44(32)33)47(38-20-9-3-10-21-38)39-22-11-4-12-23-39/h1-27,30-31H,28-29H2. The molecule has 0 aromatic heterocycles. The van der Waals surface area contributed by atoms with Gasteiger partial charge in [-0.2, -0.15) is 0 Å². The average molecular weight is 601 g/mol. The molecule has 2 heterocycles. The minimum absolute atomic E-state index is 0.223. The Morgan fingerprint density at radius 1 is 0.319 bits per heavy atom. The Labute approximate surface area is 277 Å². The second-order valence-corrected chi connectivity index (χ2v) is 12.6. The van der Waals surface area contributed by atoms with E-state index >= 15 is 0 Å². The van der Waals surface area contributed by atoms with Gasteiger partial charge in [0, 0.05) is 34.1 Å². The zero-order valence-electron chi connectivity index (χ0n) is 26.1. The van der Waals surface area contributed by atoms with Crippen molar-refractivity contribution >= 4 is 57.2 Å². The van der Waals surface area contributed by atoms with Gasteiger partial charge in [0.2, 0.25) is 6.71 Å². The molecule has 0 spiro atoms. The topological polar surface area (TPSA) is 6.48 Å². The van der Waals surface area contributed by atoms with Gasteiger partial charge >= 0.3 is 0 Å². The average Bonchev–Trinajstić information content (AvgIpc) is 3.13. The van der Waals surface area contributed by atoms with Crippen LogP contribution in [0.4, 0.5) is 34.1 Å². The van der Waals surface area contributed by atoms with Crippen LogP contribution in [0.2, 0.25) is 0 Å². The molecule has 0 saturated carbocycles. The van der Waals surface area contributed by atoms with Crippen LogP contribution in [0.15, 0.2) is 176 Å². The highest BCUT2D eigenvalue weighted by Gasteiger charge is 2.37. The van der Waals surface area contributed by atoms with Gasteiger partial charge in [0.1, 0.15) is 0 Å². The number of nitrogens with zero attached hydrogens (tertiary/aromatic N) is 2. The van der Waals surface area contributed by atoms with E-state index in [1.54, 1.807) is 0 Å². The molecule has 0 radical (unpaired) electrons. The van der Waals surface area contributed by atoms with Crippen LogP contribution in [-0.2, 0) is 12.8 Å². The summed E-state index contributed by atoms with van der Waals surface area (Å²) in [5, 5.41) is 0. The molecule has 0 fully saturated rings. The van der Waals surface area contributed by atoms with Gasteiger partial charge < -0.3 is 9.80 Å². The van der Waals surface area contributed by atoms with E-state index in [1.165, 1.54) is 50.0 Å². The number of benzene rings is 7. The third-order valence-electron chi connectivity index (χ3n) is 9.79. The molecule has 2 aliphatic rings. The lowest BCUT2D eigenvalue weighted by Crippen LogP contribution is -2.61. The largest absolute Gasteiger partial charge is 0.310 e. The van der Waals surface area contributed by atoms with E-state index in [2.05, 4.69) is 186 Å². The molecule has 9 rings (SSSR count). The van der Waals surface area contributed by atoms with E-state index in [1.807, 2.05) is 0 Å². The second-order valence-electron chi connectivity index (χ2n) is 12.6. The van der Waals surface area contributed by atoms with Crippen molar-refractivity contribution in [2.45, 2.75) is 12.8 Å². The number of hydrogen-bond acceptors (Lipinski definition) is 2. The van der Waals surface area contributed by atoms with E-state index in [9.17, 15) is 0 Å². The Hall–Kier alpha value is -5.80. The SMILES string of the molecule is c1ccc(N(c2ccccc2)c2ccc3c(c2)Cc2cccc4c2B3c2ccc(N(c3ccccc3)c3ccccc3)cc2C4)cc1. The number of fused-ring (bicyclic) bond motifs is 4. The molecule has 7 aromatic rings. The summed E-state index contributed by atoms with van der Waals surface area (Å²) in [7, 11) is 0. The molecule has 222 valence electrons. The van der Waals surface area contributed by atoms with Gasteiger partial charge in [-0.3, -0.25) is 0 Å². The van der Waals surface area contributed by atoms with Crippen molar-refractivity contribution in [2.75, 3.05) is 9.80 Å². The lowest BCUT2D eigenvalue weighted by molar-refractivity contribution is 1.14. The zero-order chi connectivity index (χ0) is 31.2. The van der Waals surface area contributed by atoms with Crippen molar-refractivity contribution in [3.63, 3.8) is 0 Å². The fraction of sp³-hybridized carbons (Fsp3) is 0.0455. The van der Waals surface area contributed by atoms with Crippen molar-refractivity contribution in [3.05, 3.63) is 198 Å². The summed E-state index contributed by atoms with van der Waals surface area (Å²) in [4.78, 5) is 4.74. The highest BCUT2D eigenvalue weighted by molar-refractivity contribution is 6.97. The molecule has 3 heteroatoms. The molecule has 0 aliphatic carbocycles. The second kappa shape index (κ2) is 11.5. The molecule has 2 aliphatic heterocycles. The van der Waals surface area contributed by atoms with Gasteiger partial charge in [0.25, 0.3) is 0 Å². The van der Waals surface area contributed by atoms with Crippen LogP contribution in [0.3, 0.4) is 0 Å².